The number of nitrogens with one attached hydrogen (secondary N) is 1. The molecule has 0 aliphatic carbocycles. The van der Waals surface area contributed by atoms with Crippen LogP contribution in [0.25, 0.3) is 10.9 Å². The second kappa shape index (κ2) is 12.6. The molecule has 234 valence electrons. The highest BCUT2D eigenvalue weighted by Gasteiger charge is 2.46. The van der Waals surface area contributed by atoms with Crippen LogP contribution in [0.5, 0.6) is 0 Å². The van der Waals surface area contributed by atoms with Gasteiger partial charge in [-0.05, 0) is 48.1 Å². The Hall–Kier alpha value is -4.68. The van der Waals surface area contributed by atoms with Gasteiger partial charge in [0.15, 0.2) is 0 Å². The summed E-state index contributed by atoms with van der Waals surface area (Å²) >= 11 is 0. The van der Waals surface area contributed by atoms with E-state index in [2.05, 4.69) is 110 Å². The number of hydrogen-bond acceptors (Lipinski definition) is 3. The van der Waals surface area contributed by atoms with E-state index in [1.807, 2.05) is 40.1 Å². The topological polar surface area (TPSA) is 59.7 Å². The highest BCUT2D eigenvalue weighted by atomic mass is 16.2. The van der Waals surface area contributed by atoms with Crippen LogP contribution in [0.2, 0.25) is 0 Å². The number of nitrogens with zero attached hydrogens (tertiary/aromatic N) is 3. The third kappa shape index (κ3) is 5.41. The van der Waals surface area contributed by atoms with Crippen LogP contribution < -0.4 is 0 Å². The summed E-state index contributed by atoms with van der Waals surface area (Å²) in [7, 11) is 0. The number of hydrogen-bond donors (Lipinski definition) is 1. The Labute approximate surface area is 271 Å². The minimum absolute atomic E-state index is 0.0490. The fourth-order valence-corrected chi connectivity index (χ4v) is 7.68. The first-order valence-electron chi connectivity index (χ1n) is 16.5. The number of aromatic amines is 1. The fourth-order valence-electron chi connectivity index (χ4n) is 7.68. The zero-order valence-electron chi connectivity index (χ0n) is 26.9. The number of amides is 2. The van der Waals surface area contributed by atoms with Gasteiger partial charge in [-0.2, -0.15) is 0 Å². The van der Waals surface area contributed by atoms with Crippen LogP contribution in [0.1, 0.15) is 70.7 Å². The van der Waals surface area contributed by atoms with E-state index >= 15 is 0 Å². The van der Waals surface area contributed by atoms with Crippen molar-refractivity contribution in [2.24, 2.45) is 5.92 Å². The molecule has 1 N–H and O–H groups in total. The highest BCUT2D eigenvalue weighted by molar-refractivity contribution is 6.03. The third-order valence-electron chi connectivity index (χ3n) is 9.75. The number of carbonyl (C=O) groups excluding carboxylic acids is 2. The smallest absolute Gasteiger partial charge is 0.255 e. The van der Waals surface area contributed by atoms with E-state index in [-0.39, 0.29) is 29.8 Å². The number of rotatable bonds is 8. The van der Waals surface area contributed by atoms with Crippen molar-refractivity contribution in [2.45, 2.75) is 45.3 Å². The standard InChI is InChI=1S/C40H42N4O2/c1-27(2)26-35(40(46)43-24-22-42(23-25-43)37(29-14-6-4-7-15-29)30-16-8-5-9-17-30)44-38(31-18-10-11-19-32(31)39(44)45)36-28(3)41-34-21-13-12-20-33(34)36/h4-21,27,35,37-38,41H,22-26H2,1-3H3. The average molecular weight is 611 g/mol. The third-order valence-corrected chi connectivity index (χ3v) is 9.75. The maximum atomic E-state index is 14.7. The summed E-state index contributed by atoms with van der Waals surface area (Å²) in [5.41, 5.74) is 7.32. The quantitative estimate of drug-likeness (QED) is 0.200. The number of benzene rings is 4. The van der Waals surface area contributed by atoms with E-state index in [1.54, 1.807) is 0 Å². The minimum Gasteiger partial charge on any atom is -0.358 e. The summed E-state index contributed by atoms with van der Waals surface area (Å²) in [6.07, 6.45) is 0.604. The van der Waals surface area contributed by atoms with E-state index in [0.717, 1.165) is 40.8 Å². The number of aromatic nitrogens is 1. The molecule has 3 heterocycles. The molecule has 0 saturated carbocycles. The molecule has 4 aromatic carbocycles. The van der Waals surface area contributed by atoms with Gasteiger partial charge in [0.25, 0.3) is 5.91 Å². The number of H-pyrrole nitrogens is 1. The van der Waals surface area contributed by atoms with Gasteiger partial charge in [0.05, 0.1) is 12.1 Å². The molecule has 2 aliphatic heterocycles. The molecule has 0 radical (unpaired) electrons. The predicted octanol–water partition coefficient (Wildman–Crippen LogP) is 7.37. The molecule has 0 spiro atoms. The molecule has 1 fully saturated rings. The van der Waals surface area contributed by atoms with Crippen molar-refractivity contribution >= 4 is 22.7 Å². The van der Waals surface area contributed by atoms with Gasteiger partial charge in [-0.3, -0.25) is 14.5 Å². The van der Waals surface area contributed by atoms with Crippen LogP contribution in [0.3, 0.4) is 0 Å². The van der Waals surface area contributed by atoms with Crippen LogP contribution >= 0.6 is 0 Å². The highest BCUT2D eigenvalue weighted by Crippen LogP contribution is 2.45. The van der Waals surface area contributed by atoms with Gasteiger partial charge in [0.1, 0.15) is 6.04 Å². The number of para-hydroxylation sites is 1. The lowest BCUT2D eigenvalue weighted by Gasteiger charge is -2.42. The number of fused-ring (bicyclic) bond motifs is 2. The molecule has 2 amide bonds. The summed E-state index contributed by atoms with van der Waals surface area (Å²) in [6.45, 7) is 9.11. The fraction of sp³-hybridized carbons (Fsp3) is 0.300. The Balaban J connectivity index is 1.21. The Morgan fingerprint density at radius 3 is 2.02 bits per heavy atom. The van der Waals surface area contributed by atoms with Gasteiger partial charge < -0.3 is 14.8 Å². The van der Waals surface area contributed by atoms with Crippen molar-refractivity contribution in [3.63, 3.8) is 0 Å². The van der Waals surface area contributed by atoms with E-state index in [0.29, 0.717) is 25.1 Å². The molecule has 2 aliphatic rings. The van der Waals surface area contributed by atoms with Gasteiger partial charge in [-0.25, -0.2) is 0 Å². The van der Waals surface area contributed by atoms with Crippen molar-refractivity contribution < 1.29 is 9.59 Å². The normalized spacial score (nSPS) is 17.7. The molecule has 2 unspecified atom stereocenters. The van der Waals surface area contributed by atoms with Gasteiger partial charge in [0, 0.05) is 53.9 Å². The van der Waals surface area contributed by atoms with Crippen molar-refractivity contribution in [1.82, 2.24) is 19.7 Å². The molecule has 46 heavy (non-hydrogen) atoms. The lowest BCUT2D eigenvalue weighted by molar-refractivity contribution is -0.139. The maximum absolute atomic E-state index is 14.7. The number of piperazine rings is 1. The Kier molecular flexibility index (Phi) is 8.22. The molecular formula is C40H42N4O2. The lowest BCUT2D eigenvalue weighted by Crippen LogP contribution is -2.56. The van der Waals surface area contributed by atoms with Crippen LogP contribution in [0, 0.1) is 12.8 Å². The zero-order chi connectivity index (χ0) is 31.8. The average Bonchev–Trinajstić information content (AvgIpc) is 3.56. The van der Waals surface area contributed by atoms with E-state index in [1.165, 1.54) is 11.1 Å². The largest absolute Gasteiger partial charge is 0.358 e. The second-order valence-electron chi connectivity index (χ2n) is 13.1. The SMILES string of the molecule is Cc1[nH]c2ccccc2c1C1c2ccccc2C(=O)N1C(CC(C)C)C(=O)N1CCN(C(c2ccccc2)c2ccccc2)CC1. The summed E-state index contributed by atoms with van der Waals surface area (Å²) in [5, 5.41) is 1.09. The Bertz CT molecular complexity index is 1800. The van der Waals surface area contributed by atoms with Crippen molar-refractivity contribution in [3.8, 4) is 0 Å². The molecule has 1 saturated heterocycles. The van der Waals surface area contributed by atoms with E-state index < -0.39 is 6.04 Å². The molecule has 6 heteroatoms. The predicted molar refractivity (Wildman–Crippen MR) is 184 cm³/mol. The monoisotopic (exact) mass is 610 g/mol. The molecule has 2 atom stereocenters. The van der Waals surface area contributed by atoms with Crippen molar-refractivity contribution in [2.75, 3.05) is 26.2 Å². The molecule has 1 aromatic heterocycles. The molecule has 6 nitrogen and oxygen atoms in total. The second-order valence-corrected chi connectivity index (χ2v) is 13.1. The first-order valence-corrected chi connectivity index (χ1v) is 16.5. The summed E-state index contributed by atoms with van der Waals surface area (Å²) in [6, 6.07) is 36.6. The first kappa shape index (κ1) is 30.0. The lowest BCUT2D eigenvalue weighted by atomic mass is 9.93. The summed E-state index contributed by atoms with van der Waals surface area (Å²) in [4.78, 5) is 39.0. The maximum Gasteiger partial charge on any atom is 0.255 e. The van der Waals surface area contributed by atoms with Gasteiger partial charge in [-0.15, -0.1) is 0 Å². The minimum atomic E-state index is -0.566. The molecule has 7 rings (SSSR count). The zero-order valence-corrected chi connectivity index (χ0v) is 26.9. The van der Waals surface area contributed by atoms with E-state index in [4.69, 9.17) is 0 Å². The first-order chi connectivity index (χ1) is 22.4. The van der Waals surface area contributed by atoms with Gasteiger partial charge >= 0.3 is 0 Å². The summed E-state index contributed by atoms with van der Waals surface area (Å²) < 4.78 is 0. The molecule has 5 aromatic rings. The number of aryl methyl sites for hydroxylation is 1. The molecular weight excluding hydrogens is 568 g/mol. The van der Waals surface area contributed by atoms with Gasteiger partial charge in [-0.1, -0.05) is 111 Å². The van der Waals surface area contributed by atoms with Crippen LogP contribution in [0.4, 0.5) is 0 Å². The van der Waals surface area contributed by atoms with E-state index in [9.17, 15) is 9.59 Å². The van der Waals surface area contributed by atoms with Crippen LogP contribution in [-0.2, 0) is 4.79 Å². The summed E-state index contributed by atoms with van der Waals surface area (Å²) in [5.74, 6) is 0.223. The van der Waals surface area contributed by atoms with Crippen molar-refractivity contribution in [1.29, 1.82) is 0 Å². The Morgan fingerprint density at radius 2 is 1.37 bits per heavy atom. The van der Waals surface area contributed by atoms with Gasteiger partial charge in [0.2, 0.25) is 5.91 Å². The molecule has 0 bridgehead atoms. The van der Waals surface area contributed by atoms with Crippen LogP contribution in [0.15, 0.2) is 109 Å². The van der Waals surface area contributed by atoms with Crippen molar-refractivity contribution in [3.05, 3.63) is 143 Å². The number of carbonyl (C=O) groups is 2. The van der Waals surface area contributed by atoms with Crippen LogP contribution in [-0.4, -0.2) is 63.7 Å². The Morgan fingerprint density at radius 1 is 0.783 bits per heavy atom.